The number of anilines is 1. The highest BCUT2D eigenvalue weighted by Crippen LogP contribution is 2.36. The molecule has 1 aromatic carbocycles. The molecule has 0 spiro atoms. The molecule has 1 fully saturated rings. The zero-order valence-corrected chi connectivity index (χ0v) is 16.9. The molecule has 2 atom stereocenters. The maximum Gasteiger partial charge on any atom is 0.251 e. The van der Waals surface area contributed by atoms with Gasteiger partial charge in [0.15, 0.2) is 0 Å². The molecule has 2 aliphatic heterocycles. The second-order valence-electron chi connectivity index (χ2n) is 6.94. The van der Waals surface area contributed by atoms with Gasteiger partial charge in [-0.25, -0.2) is 0 Å². The first-order valence-corrected chi connectivity index (χ1v) is 11.0. The van der Waals surface area contributed by atoms with E-state index in [-0.39, 0.29) is 23.1 Å². The quantitative estimate of drug-likeness (QED) is 0.801. The highest BCUT2D eigenvalue weighted by atomic mass is 32.2. The molecule has 0 saturated carbocycles. The molecule has 1 aromatic heterocycles. The number of rotatable bonds is 5. The Morgan fingerprint density at radius 2 is 2.15 bits per heavy atom. The summed E-state index contributed by atoms with van der Waals surface area (Å²) in [7, 11) is 0. The average molecular weight is 402 g/mol. The summed E-state index contributed by atoms with van der Waals surface area (Å²) < 4.78 is 0. The molecule has 5 nitrogen and oxygen atoms in total. The highest BCUT2D eigenvalue weighted by Gasteiger charge is 2.26. The van der Waals surface area contributed by atoms with Gasteiger partial charge in [-0.3, -0.25) is 14.5 Å². The van der Waals surface area contributed by atoms with Crippen LogP contribution in [0.4, 0.5) is 5.69 Å². The lowest BCUT2D eigenvalue weighted by atomic mass is 10.1. The molecule has 0 radical (unpaired) electrons. The summed E-state index contributed by atoms with van der Waals surface area (Å²) in [6.45, 7) is 4.64. The number of hydrogen-bond donors (Lipinski definition) is 2. The summed E-state index contributed by atoms with van der Waals surface area (Å²) >= 11 is 3.27. The molecule has 27 heavy (non-hydrogen) atoms. The summed E-state index contributed by atoms with van der Waals surface area (Å²) in [6, 6.07) is 9.97. The van der Waals surface area contributed by atoms with Crippen molar-refractivity contribution in [1.29, 1.82) is 0 Å². The van der Waals surface area contributed by atoms with Gasteiger partial charge in [-0.15, -0.1) is 23.1 Å². The molecule has 0 aliphatic carbocycles. The maximum atomic E-state index is 12.7. The van der Waals surface area contributed by atoms with Crippen LogP contribution in [0.3, 0.4) is 0 Å². The lowest BCUT2D eigenvalue weighted by molar-refractivity contribution is -0.115. The Balaban J connectivity index is 1.45. The summed E-state index contributed by atoms with van der Waals surface area (Å²) in [6.07, 6.45) is 2.44. The number of hydrogen-bond acceptors (Lipinski definition) is 5. The van der Waals surface area contributed by atoms with Crippen LogP contribution < -0.4 is 10.6 Å². The molecule has 2 aliphatic rings. The number of carbonyl (C=O) groups excluding carboxylic acids is 2. The number of likely N-dealkylation sites (tertiary alicyclic amines) is 1. The van der Waals surface area contributed by atoms with E-state index in [2.05, 4.69) is 33.0 Å². The number of amides is 2. The minimum atomic E-state index is -0.107. The van der Waals surface area contributed by atoms with Gasteiger partial charge in [0.1, 0.15) is 0 Å². The third-order valence-electron chi connectivity index (χ3n) is 5.08. The molecule has 2 amide bonds. The van der Waals surface area contributed by atoms with Crippen LogP contribution in [0.25, 0.3) is 0 Å². The number of carbonyl (C=O) groups is 2. The van der Waals surface area contributed by atoms with Gasteiger partial charge in [-0.1, -0.05) is 6.07 Å². The van der Waals surface area contributed by atoms with E-state index in [0.29, 0.717) is 12.1 Å². The Hall–Kier alpha value is -1.83. The van der Waals surface area contributed by atoms with Crippen LogP contribution in [0, 0.1) is 0 Å². The van der Waals surface area contributed by atoms with Crippen LogP contribution in [-0.4, -0.2) is 41.6 Å². The lowest BCUT2D eigenvalue weighted by Crippen LogP contribution is -2.36. The van der Waals surface area contributed by atoms with Crippen molar-refractivity contribution in [3.8, 4) is 0 Å². The second kappa shape index (κ2) is 8.04. The fourth-order valence-electron chi connectivity index (χ4n) is 3.59. The van der Waals surface area contributed by atoms with Crippen molar-refractivity contribution in [2.45, 2.75) is 36.0 Å². The monoisotopic (exact) mass is 401 g/mol. The third kappa shape index (κ3) is 4.05. The van der Waals surface area contributed by atoms with Crippen molar-refractivity contribution in [3.63, 3.8) is 0 Å². The molecule has 2 N–H and O–H groups in total. The minimum Gasteiger partial charge on any atom is -0.350 e. The van der Waals surface area contributed by atoms with E-state index in [1.807, 2.05) is 19.1 Å². The zero-order chi connectivity index (χ0) is 18.8. The van der Waals surface area contributed by atoms with Gasteiger partial charge in [0.05, 0.1) is 17.0 Å². The molecule has 0 bridgehead atoms. The van der Waals surface area contributed by atoms with E-state index in [9.17, 15) is 9.59 Å². The van der Waals surface area contributed by atoms with Gasteiger partial charge in [0.2, 0.25) is 5.91 Å². The van der Waals surface area contributed by atoms with Crippen molar-refractivity contribution in [2.75, 3.05) is 25.0 Å². The fourth-order valence-corrected chi connectivity index (χ4v) is 5.38. The molecule has 1 saturated heterocycles. The first-order valence-electron chi connectivity index (χ1n) is 9.29. The van der Waals surface area contributed by atoms with Gasteiger partial charge in [0.25, 0.3) is 5.91 Å². The van der Waals surface area contributed by atoms with E-state index in [1.165, 1.54) is 29.5 Å². The summed E-state index contributed by atoms with van der Waals surface area (Å²) in [4.78, 5) is 29.4. The van der Waals surface area contributed by atoms with E-state index in [4.69, 9.17) is 0 Å². The maximum absolute atomic E-state index is 12.7. The molecule has 2 unspecified atom stereocenters. The van der Waals surface area contributed by atoms with Crippen LogP contribution in [0.5, 0.6) is 0 Å². The predicted octanol–water partition coefficient (Wildman–Crippen LogP) is 3.75. The Bertz CT molecular complexity index is 832. The number of benzene rings is 1. The van der Waals surface area contributed by atoms with Crippen LogP contribution >= 0.6 is 23.1 Å². The number of nitrogens with one attached hydrogen (secondary N) is 2. The largest absolute Gasteiger partial charge is 0.350 e. The van der Waals surface area contributed by atoms with Crippen LogP contribution in [-0.2, 0) is 4.79 Å². The zero-order valence-electron chi connectivity index (χ0n) is 15.2. The van der Waals surface area contributed by atoms with Gasteiger partial charge >= 0.3 is 0 Å². The van der Waals surface area contributed by atoms with Crippen molar-refractivity contribution in [3.05, 3.63) is 46.2 Å². The van der Waals surface area contributed by atoms with E-state index < -0.39 is 0 Å². The first-order chi connectivity index (χ1) is 13.1. The van der Waals surface area contributed by atoms with Crippen molar-refractivity contribution in [2.24, 2.45) is 0 Å². The second-order valence-corrected chi connectivity index (χ2v) is 9.31. The van der Waals surface area contributed by atoms with Crippen LogP contribution in [0.1, 0.15) is 41.0 Å². The topological polar surface area (TPSA) is 61.4 Å². The Labute approximate surface area is 167 Å². The Morgan fingerprint density at radius 1 is 1.33 bits per heavy atom. The number of fused-ring (bicyclic) bond motifs is 1. The number of nitrogens with zero attached hydrogens (tertiary/aromatic N) is 1. The van der Waals surface area contributed by atoms with Gasteiger partial charge in [-0.2, -0.15) is 0 Å². The minimum absolute atomic E-state index is 0.0168. The normalized spacial score (nSPS) is 20.8. The highest BCUT2D eigenvalue weighted by molar-refractivity contribution is 8.00. The fraction of sp³-hybridized carbons (Fsp3) is 0.400. The average Bonchev–Trinajstić information content (AvgIpc) is 3.37. The third-order valence-corrected chi connectivity index (χ3v) is 7.23. The van der Waals surface area contributed by atoms with Gasteiger partial charge in [0, 0.05) is 21.9 Å². The molecule has 3 heterocycles. The molecule has 2 aromatic rings. The molecular weight excluding hydrogens is 378 g/mol. The Morgan fingerprint density at radius 3 is 2.89 bits per heavy atom. The molecular formula is C20H23N3O2S2. The van der Waals surface area contributed by atoms with Crippen molar-refractivity contribution in [1.82, 2.24) is 10.2 Å². The van der Waals surface area contributed by atoms with Gasteiger partial charge < -0.3 is 10.6 Å². The Kier molecular flexibility index (Phi) is 5.52. The van der Waals surface area contributed by atoms with E-state index in [0.717, 1.165) is 23.7 Å². The number of thioether (sulfide) groups is 1. The van der Waals surface area contributed by atoms with Crippen molar-refractivity contribution >= 4 is 40.6 Å². The summed E-state index contributed by atoms with van der Waals surface area (Å²) in [5.74, 6) is -0.117. The first kappa shape index (κ1) is 18.5. The molecule has 142 valence electrons. The summed E-state index contributed by atoms with van der Waals surface area (Å²) in [5.41, 5.74) is 1.31. The SMILES string of the molecule is CC1Sc2ccc(C(=O)NCC(c3cccs3)N3CCCC3)cc2NC1=O. The van der Waals surface area contributed by atoms with Gasteiger partial charge in [-0.05, 0) is 62.5 Å². The molecule has 4 rings (SSSR count). The van der Waals surface area contributed by atoms with Crippen molar-refractivity contribution < 1.29 is 9.59 Å². The summed E-state index contributed by atoms with van der Waals surface area (Å²) in [5, 5.41) is 7.97. The van der Waals surface area contributed by atoms with E-state index in [1.54, 1.807) is 17.4 Å². The lowest BCUT2D eigenvalue weighted by Gasteiger charge is -2.27. The predicted molar refractivity (Wildman–Crippen MR) is 111 cm³/mol. The molecule has 7 heteroatoms. The number of thiophene rings is 1. The standard InChI is InChI=1S/C20H23N3O2S2/c1-13-19(24)22-15-11-14(6-7-17(15)27-13)20(25)21-12-16(18-5-4-10-26-18)23-8-2-3-9-23/h4-7,10-11,13,16H,2-3,8-9,12H2,1H3,(H,21,25)(H,22,24). The smallest absolute Gasteiger partial charge is 0.251 e. The van der Waals surface area contributed by atoms with E-state index >= 15 is 0 Å². The van der Waals surface area contributed by atoms with Crippen LogP contribution in [0.15, 0.2) is 40.6 Å². The van der Waals surface area contributed by atoms with Crippen LogP contribution in [0.2, 0.25) is 0 Å².